The Labute approximate surface area is 129 Å². The molecule has 0 saturated carbocycles. The number of hydrogen-bond donors (Lipinski definition) is 1. The molecule has 0 aliphatic heterocycles. The highest BCUT2D eigenvalue weighted by molar-refractivity contribution is 7.09. The third-order valence-electron chi connectivity index (χ3n) is 3.10. The molecule has 0 atom stereocenters. The molecule has 0 saturated heterocycles. The maximum absolute atomic E-state index is 6.03. The maximum Gasteiger partial charge on any atom is 0.112 e. The molecule has 20 heavy (non-hydrogen) atoms. The van der Waals surface area contributed by atoms with Crippen LogP contribution in [0.4, 0.5) is 11.4 Å². The van der Waals surface area contributed by atoms with Crippen LogP contribution in [0.25, 0.3) is 0 Å². The molecule has 108 valence electrons. The molecule has 0 amide bonds. The zero-order valence-electron chi connectivity index (χ0n) is 12.3. The molecule has 2 aromatic rings. The summed E-state index contributed by atoms with van der Waals surface area (Å²) in [5.41, 5.74) is 8.88. The van der Waals surface area contributed by atoms with Crippen molar-refractivity contribution in [2.75, 3.05) is 17.7 Å². The van der Waals surface area contributed by atoms with Crippen LogP contribution in [-0.2, 0) is 12.0 Å². The third-order valence-corrected chi connectivity index (χ3v) is 4.17. The number of nitrogens with zero attached hydrogens (tertiary/aromatic N) is 2. The van der Waals surface area contributed by atoms with Crippen molar-refractivity contribution in [2.45, 2.75) is 32.7 Å². The second-order valence-corrected chi connectivity index (χ2v) is 7.31. The van der Waals surface area contributed by atoms with Crippen LogP contribution in [0, 0.1) is 0 Å². The molecule has 3 nitrogen and oxygen atoms in total. The number of halogens is 1. The van der Waals surface area contributed by atoms with E-state index in [1.807, 2.05) is 19.2 Å². The van der Waals surface area contributed by atoms with Gasteiger partial charge >= 0.3 is 0 Å². The molecule has 0 radical (unpaired) electrons. The Kier molecular flexibility index (Phi) is 4.25. The summed E-state index contributed by atoms with van der Waals surface area (Å²) < 4.78 is 0. The van der Waals surface area contributed by atoms with Gasteiger partial charge in [0, 0.05) is 22.9 Å². The molecule has 1 aromatic heterocycles. The molecule has 0 fully saturated rings. The summed E-state index contributed by atoms with van der Waals surface area (Å²) in [6.07, 6.45) is 0. The largest absolute Gasteiger partial charge is 0.397 e. The Hall–Kier alpha value is -1.26. The highest BCUT2D eigenvalue weighted by atomic mass is 35.5. The molecule has 5 heteroatoms. The average molecular weight is 310 g/mol. The first kappa shape index (κ1) is 15.1. The minimum atomic E-state index is 0.0857. The number of nitrogens with two attached hydrogens (primary N) is 1. The zero-order chi connectivity index (χ0) is 14.9. The second-order valence-electron chi connectivity index (χ2n) is 5.94. The molecule has 2 N–H and O–H groups in total. The van der Waals surface area contributed by atoms with E-state index in [1.54, 1.807) is 17.4 Å². The van der Waals surface area contributed by atoms with Crippen LogP contribution in [0.5, 0.6) is 0 Å². The number of rotatable bonds is 3. The summed E-state index contributed by atoms with van der Waals surface area (Å²) in [5.74, 6) is 0. The van der Waals surface area contributed by atoms with E-state index < -0.39 is 0 Å². The smallest absolute Gasteiger partial charge is 0.112 e. The van der Waals surface area contributed by atoms with Crippen molar-refractivity contribution < 1.29 is 0 Å². The first-order chi connectivity index (χ1) is 9.27. The Morgan fingerprint density at radius 2 is 2.05 bits per heavy atom. The lowest BCUT2D eigenvalue weighted by Crippen LogP contribution is -2.18. The number of aromatic nitrogens is 1. The predicted molar refractivity (Wildman–Crippen MR) is 88.8 cm³/mol. The van der Waals surface area contributed by atoms with Gasteiger partial charge in [-0.25, -0.2) is 4.98 Å². The van der Waals surface area contributed by atoms with Crippen LogP contribution in [0.3, 0.4) is 0 Å². The summed E-state index contributed by atoms with van der Waals surface area (Å²) in [6, 6.07) is 5.51. The van der Waals surface area contributed by atoms with Crippen LogP contribution < -0.4 is 10.6 Å². The summed E-state index contributed by atoms with van der Waals surface area (Å²) >= 11 is 7.72. The van der Waals surface area contributed by atoms with Gasteiger partial charge in [0.15, 0.2) is 0 Å². The van der Waals surface area contributed by atoms with Gasteiger partial charge in [-0.2, -0.15) is 0 Å². The number of anilines is 2. The molecule has 0 bridgehead atoms. The minimum absolute atomic E-state index is 0.0857. The van der Waals surface area contributed by atoms with Gasteiger partial charge in [0.05, 0.1) is 23.6 Å². The quantitative estimate of drug-likeness (QED) is 0.859. The standard InChI is InChI=1S/C15H20ClN3S/c1-15(2,3)13-9-20-14(18-13)8-19(4)12-7-10(16)5-6-11(12)17/h5-7,9H,8,17H2,1-4H3. The van der Waals surface area contributed by atoms with E-state index in [0.29, 0.717) is 5.02 Å². The fraction of sp³-hybridized carbons (Fsp3) is 0.400. The molecule has 0 aliphatic rings. The van der Waals surface area contributed by atoms with E-state index in [0.717, 1.165) is 28.6 Å². The lowest BCUT2D eigenvalue weighted by molar-refractivity contribution is 0.570. The van der Waals surface area contributed by atoms with Crippen LogP contribution in [0.15, 0.2) is 23.6 Å². The minimum Gasteiger partial charge on any atom is -0.397 e. The van der Waals surface area contributed by atoms with E-state index in [1.165, 1.54) is 0 Å². The summed E-state index contributed by atoms with van der Waals surface area (Å²) in [5, 5.41) is 3.90. The summed E-state index contributed by atoms with van der Waals surface area (Å²) in [7, 11) is 2.00. The molecular formula is C15H20ClN3S. The van der Waals surface area contributed by atoms with Gasteiger partial charge < -0.3 is 10.6 Å². The lowest BCUT2D eigenvalue weighted by atomic mass is 9.93. The number of hydrogen-bond acceptors (Lipinski definition) is 4. The summed E-state index contributed by atoms with van der Waals surface area (Å²) in [4.78, 5) is 6.78. The molecule has 0 unspecified atom stereocenters. The van der Waals surface area contributed by atoms with E-state index in [2.05, 4.69) is 31.1 Å². The van der Waals surface area contributed by atoms with Crippen LogP contribution >= 0.6 is 22.9 Å². The molecule has 1 heterocycles. The fourth-order valence-electron chi connectivity index (χ4n) is 1.86. The Morgan fingerprint density at radius 1 is 1.35 bits per heavy atom. The molecule has 1 aromatic carbocycles. The lowest BCUT2D eigenvalue weighted by Gasteiger charge is -2.20. The van der Waals surface area contributed by atoms with E-state index in [4.69, 9.17) is 22.3 Å². The third kappa shape index (κ3) is 3.44. The van der Waals surface area contributed by atoms with E-state index in [-0.39, 0.29) is 5.41 Å². The number of thiazole rings is 1. The van der Waals surface area contributed by atoms with Crippen LogP contribution in [-0.4, -0.2) is 12.0 Å². The van der Waals surface area contributed by atoms with Crippen molar-refractivity contribution in [3.05, 3.63) is 39.3 Å². The van der Waals surface area contributed by atoms with Crippen molar-refractivity contribution in [3.8, 4) is 0 Å². The van der Waals surface area contributed by atoms with Crippen molar-refractivity contribution in [2.24, 2.45) is 0 Å². The first-order valence-electron chi connectivity index (χ1n) is 6.48. The topological polar surface area (TPSA) is 42.2 Å². The van der Waals surface area contributed by atoms with Crippen LogP contribution in [0.2, 0.25) is 5.02 Å². The average Bonchev–Trinajstić information content (AvgIpc) is 2.80. The van der Waals surface area contributed by atoms with Gasteiger partial charge in [0.2, 0.25) is 0 Å². The maximum atomic E-state index is 6.03. The molecule has 2 rings (SSSR count). The number of nitrogen functional groups attached to an aromatic ring is 1. The second kappa shape index (κ2) is 5.62. The first-order valence-corrected chi connectivity index (χ1v) is 7.74. The predicted octanol–water partition coefficient (Wildman–Crippen LogP) is 4.31. The Balaban J connectivity index is 2.17. The Bertz CT molecular complexity index is 601. The fourth-order valence-corrected chi connectivity index (χ4v) is 3.10. The van der Waals surface area contributed by atoms with Gasteiger partial charge in [-0.05, 0) is 18.2 Å². The Morgan fingerprint density at radius 3 is 2.65 bits per heavy atom. The van der Waals surface area contributed by atoms with Gasteiger partial charge in [-0.3, -0.25) is 0 Å². The SMILES string of the molecule is CN(Cc1nc(C(C)(C)C)cs1)c1cc(Cl)ccc1N. The summed E-state index contributed by atoms with van der Waals surface area (Å²) in [6.45, 7) is 7.24. The van der Waals surface area contributed by atoms with Gasteiger partial charge in [0.25, 0.3) is 0 Å². The highest BCUT2D eigenvalue weighted by Crippen LogP contribution is 2.29. The van der Waals surface area contributed by atoms with Crippen molar-refractivity contribution in [1.82, 2.24) is 4.98 Å². The van der Waals surface area contributed by atoms with Gasteiger partial charge in [-0.15, -0.1) is 11.3 Å². The van der Waals surface area contributed by atoms with E-state index >= 15 is 0 Å². The van der Waals surface area contributed by atoms with Gasteiger partial charge in [0.1, 0.15) is 5.01 Å². The molecule has 0 spiro atoms. The van der Waals surface area contributed by atoms with Gasteiger partial charge in [-0.1, -0.05) is 32.4 Å². The molecule has 0 aliphatic carbocycles. The van der Waals surface area contributed by atoms with Crippen LogP contribution in [0.1, 0.15) is 31.5 Å². The van der Waals surface area contributed by atoms with Crippen molar-refractivity contribution >= 4 is 34.3 Å². The monoisotopic (exact) mass is 309 g/mol. The zero-order valence-corrected chi connectivity index (χ0v) is 13.8. The van der Waals surface area contributed by atoms with Crippen molar-refractivity contribution in [1.29, 1.82) is 0 Å². The van der Waals surface area contributed by atoms with Crippen molar-refractivity contribution in [3.63, 3.8) is 0 Å². The number of benzene rings is 1. The van der Waals surface area contributed by atoms with E-state index in [9.17, 15) is 0 Å². The normalized spacial score (nSPS) is 11.7. The highest BCUT2D eigenvalue weighted by Gasteiger charge is 2.18. The molecular weight excluding hydrogens is 290 g/mol.